The highest BCUT2D eigenvalue weighted by molar-refractivity contribution is 5.87. The highest BCUT2D eigenvalue weighted by Gasteiger charge is 2.58. The zero-order chi connectivity index (χ0) is 18.5. The molecule has 3 aliphatic carbocycles. The number of rotatable bonds is 4. The van der Waals surface area contributed by atoms with Gasteiger partial charge in [0.05, 0.1) is 0 Å². The summed E-state index contributed by atoms with van der Waals surface area (Å²) in [5.74, 6) is 1.69. The first-order chi connectivity index (χ1) is 12.4. The van der Waals surface area contributed by atoms with Crippen molar-refractivity contribution in [1.82, 2.24) is 0 Å². The molecule has 4 heteroatoms. The minimum atomic E-state index is -0.745. The fourth-order valence-electron chi connectivity index (χ4n) is 6.41. The summed E-state index contributed by atoms with van der Waals surface area (Å²) in [5, 5.41) is 18.8. The number of hydrogen-bond donors (Lipinski definition) is 2. The van der Waals surface area contributed by atoms with Crippen LogP contribution in [0.25, 0.3) is 0 Å². The van der Waals surface area contributed by atoms with Crippen LogP contribution in [0.15, 0.2) is 18.2 Å². The van der Waals surface area contributed by atoms with Crippen molar-refractivity contribution in [1.29, 1.82) is 0 Å². The van der Waals surface area contributed by atoms with E-state index in [-0.39, 0.29) is 11.8 Å². The minimum absolute atomic E-state index is 0.199. The Morgan fingerprint density at radius 2 is 2.12 bits per heavy atom. The van der Waals surface area contributed by atoms with Crippen LogP contribution in [-0.2, 0) is 16.0 Å². The van der Waals surface area contributed by atoms with Crippen LogP contribution in [0.4, 0.5) is 0 Å². The Kier molecular flexibility index (Phi) is 4.32. The number of aryl methyl sites for hydroxylation is 1. The van der Waals surface area contributed by atoms with Gasteiger partial charge in [-0.05, 0) is 85.5 Å². The lowest BCUT2D eigenvalue weighted by molar-refractivity contribution is -0.137. The molecule has 0 heterocycles. The van der Waals surface area contributed by atoms with Gasteiger partial charge in [0.15, 0.2) is 0 Å². The van der Waals surface area contributed by atoms with E-state index >= 15 is 0 Å². The molecule has 1 aromatic carbocycles. The van der Waals surface area contributed by atoms with Crippen LogP contribution in [0.5, 0.6) is 5.75 Å². The molecule has 0 bridgehead atoms. The second kappa shape index (κ2) is 6.40. The number of carbonyl (C=O) groups is 2. The molecular weight excluding hydrogens is 328 g/mol. The van der Waals surface area contributed by atoms with Gasteiger partial charge in [-0.1, -0.05) is 13.0 Å². The second-order valence-electron chi connectivity index (χ2n) is 8.85. The Balaban J connectivity index is 1.61. The maximum atomic E-state index is 12.9. The summed E-state index contributed by atoms with van der Waals surface area (Å²) in [6.45, 7) is 2.17. The second-order valence-corrected chi connectivity index (χ2v) is 8.85. The molecule has 0 amide bonds. The van der Waals surface area contributed by atoms with Crippen LogP contribution >= 0.6 is 0 Å². The summed E-state index contributed by atoms with van der Waals surface area (Å²) < 4.78 is 0. The summed E-state index contributed by atoms with van der Waals surface area (Å²) in [4.78, 5) is 23.7. The van der Waals surface area contributed by atoms with Gasteiger partial charge in [-0.2, -0.15) is 0 Å². The van der Waals surface area contributed by atoms with E-state index in [1.165, 1.54) is 11.1 Å². The molecule has 5 atom stereocenters. The summed E-state index contributed by atoms with van der Waals surface area (Å²) in [7, 11) is 0. The van der Waals surface area contributed by atoms with E-state index in [0.29, 0.717) is 48.0 Å². The van der Waals surface area contributed by atoms with Gasteiger partial charge in [0.25, 0.3) is 0 Å². The molecule has 0 aromatic heterocycles. The van der Waals surface area contributed by atoms with Gasteiger partial charge >= 0.3 is 5.97 Å². The Bertz CT molecular complexity index is 740. The van der Waals surface area contributed by atoms with E-state index in [1.54, 1.807) is 6.07 Å². The molecule has 140 valence electrons. The fourth-order valence-corrected chi connectivity index (χ4v) is 6.41. The number of aliphatic carboxylic acids is 1. The fraction of sp³-hybridized carbons (Fsp3) is 0.636. The number of phenolic OH excluding ortho intramolecular Hbond substituents is 1. The summed E-state index contributed by atoms with van der Waals surface area (Å²) in [6.07, 6.45) is 6.37. The van der Waals surface area contributed by atoms with Crippen molar-refractivity contribution in [3.05, 3.63) is 29.3 Å². The standard InChI is InChI=1S/C22H28O4/c1-22-10-9-17-16-8-6-15(23)11-13(16)5-7-18(17)21(22)14(12-19(22)24)3-2-4-20(25)26/h6,8,11,14,17-18,21,23H,2-5,7,9-10,12H2,1H3,(H,25,26)/t14-,17-,18-,21+,22?/m1/s1. The zero-order valence-corrected chi connectivity index (χ0v) is 15.4. The molecular formula is C22H28O4. The predicted octanol–water partition coefficient (Wildman–Crippen LogP) is 4.30. The predicted molar refractivity (Wildman–Crippen MR) is 98.1 cm³/mol. The first-order valence-electron chi connectivity index (χ1n) is 9.97. The number of Topliss-reactive ketones (excluding diaryl/α,β-unsaturated/α-hetero) is 1. The van der Waals surface area contributed by atoms with Crippen LogP contribution in [-0.4, -0.2) is 22.0 Å². The lowest BCUT2D eigenvalue weighted by Crippen LogP contribution is -2.44. The number of benzene rings is 1. The number of carboxylic acid groups (broad SMARTS) is 1. The minimum Gasteiger partial charge on any atom is -0.508 e. The molecule has 2 N–H and O–H groups in total. The Labute approximate surface area is 154 Å². The van der Waals surface area contributed by atoms with Crippen molar-refractivity contribution in [2.24, 2.45) is 23.2 Å². The van der Waals surface area contributed by atoms with E-state index in [2.05, 4.69) is 13.0 Å². The topological polar surface area (TPSA) is 74.6 Å². The number of carbonyl (C=O) groups excluding carboxylic acids is 1. The van der Waals surface area contributed by atoms with Crippen molar-refractivity contribution in [3.63, 3.8) is 0 Å². The van der Waals surface area contributed by atoms with E-state index in [9.17, 15) is 14.7 Å². The average molecular weight is 356 g/mol. The molecule has 0 radical (unpaired) electrons. The third-order valence-corrected chi connectivity index (χ3v) is 7.52. The van der Waals surface area contributed by atoms with Crippen molar-refractivity contribution >= 4 is 11.8 Å². The molecule has 4 nitrogen and oxygen atoms in total. The van der Waals surface area contributed by atoms with Crippen molar-refractivity contribution in [2.45, 2.75) is 64.2 Å². The van der Waals surface area contributed by atoms with E-state index in [1.807, 2.05) is 6.07 Å². The van der Waals surface area contributed by atoms with Crippen LogP contribution in [0.1, 0.15) is 68.9 Å². The third kappa shape index (κ3) is 2.74. The normalized spacial score (nSPS) is 35.5. The van der Waals surface area contributed by atoms with Gasteiger partial charge in [-0.3, -0.25) is 9.59 Å². The van der Waals surface area contributed by atoms with E-state index < -0.39 is 5.97 Å². The van der Waals surface area contributed by atoms with E-state index in [0.717, 1.165) is 32.1 Å². The first kappa shape index (κ1) is 17.6. The highest BCUT2D eigenvalue weighted by atomic mass is 16.4. The van der Waals surface area contributed by atoms with Crippen LogP contribution in [0, 0.1) is 23.2 Å². The molecule has 2 fully saturated rings. The van der Waals surface area contributed by atoms with Gasteiger partial charge in [-0.15, -0.1) is 0 Å². The van der Waals surface area contributed by atoms with Gasteiger partial charge in [0.1, 0.15) is 11.5 Å². The monoisotopic (exact) mass is 356 g/mol. The van der Waals surface area contributed by atoms with Gasteiger partial charge in [0.2, 0.25) is 0 Å². The number of ketones is 1. The Morgan fingerprint density at radius 3 is 2.88 bits per heavy atom. The quantitative estimate of drug-likeness (QED) is 0.843. The molecule has 26 heavy (non-hydrogen) atoms. The molecule has 0 aliphatic heterocycles. The van der Waals surface area contributed by atoms with E-state index in [4.69, 9.17) is 5.11 Å². The Morgan fingerprint density at radius 1 is 1.31 bits per heavy atom. The van der Waals surface area contributed by atoms with Crippen molar-refractivity contribution in [2.75, 3.05) is 0 Å². The number of carboxylic acids is 1. The molecule has 0 saturated heterocycles. The highest BCUT2D eigenvalue weighted by Crippen LogP contribution is 2.62. The molecule has 1 aromatic rings. The maximum Gasteiger partial charge on any atom is 0.303 e. The number of hydrogen-bond acceptors (Lipinski definition) is 3. The van der Waals surface area contributed by atoms with Gasteiger partial charge in [0, 0.05) is 18.3 Å². The zero-order valence-electron chi connectivity index (χ0n) is 15.4. The van der Waals surface area contributed by atoms with Crippen molar-refractivity contribution < 1.29 is 19.8 Å². The maximum absolute atomic E-state index is 12.9. The third-order valence-electron chi connectivity index (χ3n) is 7.52. The van der Waals surface area contributed by atoms with Crippen LogP contribution < -0.4 is 0 Å². The summed E-state index contributed by atoms with van der Waals surface area (Å²) >= 11 is 0. The van der Waals surface area contributed by atoms with Crippen LogP contribution in [0.2, 0.25) is 0 Å². The number of phenols is 1. The Hall–Kier alpha value is -1.84. The number of fused-ring (bicyclic) bond motifs is 5. The lowest BCUT2D eigenvalue weighted by Gasteiger charge is -2.50. The SMILES string of the molecule is CC12CC[C@@H]3c4ccc(O)cc4CC[C@H]3[C@@H]1[C@H](CCCC(=O)O)CC2=O. The molecule has 3 aliphatic rings. The van der Waals surface area contributed by atoms with Gasteiger partial charge in [-0.25, -0.2) is 0 Å². The van der Waals surface area contributed by atoms with Gasteiger partial charge < -0.3 is 10.2 Å². The lowest BCUT2D eigenvalue weighted by atomic mass is 9.54. The van der Waals surface area contributed by atoms with Crippen LogP contribution in [0.3, 0.4) is 0 Å². The van der Waals surface area contributed by atoms with Crippen molar-refractivity contribution in [3.8, 4) is 5.75 Å². The largest absolute Gasteiger partial charge is 0.508 e. The smallest absolute Gasteiger partial charge is 0.303 e. The summed E-state index contributed by atoms with van der Waals surface area (Å²) in [6, 6.07) is 5.78. The molecule has 4 rings (SSSR count). The first-order valence-corrected chi connectivity index (χ1v) is 9.97. The average Bonchev–Trinajstić information content (AvgIpc) is 2.85. The number of aromatic hydroxyl groups is 1. The molecule has 0 spiro atoms. The molecule has 1 unspecified atom stereocenters. The molecule has 2 saturated carbocycles. The summed E-state index contributed by atoms with van der Waals surface area (Å²) in [5.41, 5.74) is 2.41.